The first-order valence-corrected chi connectivity index (χ1v) is 9.33. The van der Waals surface area contributed by atoms with Crippen LogP contribution < -0.4 is 15.4 Å². The van der Waals surface area contributed by atoms with Gasteiger partial charge in [0.15, 0.2) is 0 Å². The molecule has 3 rings (SSSR count). The first-order chi connectivity index (χ1) is 14.5. The van der Waals surface area contributed by atoms with Gasteiger partial charge in [-0.2, -0.15) is 10.2 Å². The number of nitrogens with one attached hydrogen (secondary N) is 2. The van der Waals surface area contributed by atoms with Crippen LogP contribution in [0.1, 0.15) is 22.8 Å². The average molecular weight is 424 g/mol. The number of halogens is 1. The first kappa shape index (κ1) is 20.9. The molecule has 30 heavy (non-hydrogen) atoms. The minimum absolute atomic E-state index is 0.259. The zero-order valence-electron chi connectivity index (χ0n) is 16.3. The second-order valence-electron chi connectivity index (χ2n) is 5.96. The van der Waals surface area contributed by atoms with Gasteiger partial charge in [-0.3, -0.25) is 0 Å². The molecule has 0 spiro atoms. The lowest BCUT2D eigenvalue weighted by Crippen LogP contribution is -2.07. The Bertz CT molecular complexity index is 1100. The van der Waals surface area contributed by atoms with Crippen molar-refractivity contribution in [3.63, 3.8) is 0 Å². The number of ether oxygens (including phenoxy) is 2. The van der Waals surface area contributed by atoms with E-state index >= 15 is 0 Å². The molecule has 1 heterocycles. The number of nitriles is 1. The highest BCUT2D eigenvalue weighted by Crippen LogP contribution is 2.36. The Labute approximate surface area is 178 Å². The summed E-state index contributed by atoms with van der Waals surface area (Å²) in [5.74, 6) is 0.694. The Kier molecular flexibility index (Phi) is 6.67. The van der Waals surface area contributed by atoms with Crippen LogP contribution in [0.5, 0.6) is 5.75 Å². The highest BCUT2D eigenvalue weighted by Gasteiger charge is 2.16. The highest BCUT2D eigenvalue weighted by atomic mass is 35.5. The van der Waals surface area contributed by atoms with E-state index in [1.165, 1.54) is 13.2 Å². The standard InChI is InChI=1S/C21H18ClN5O3/c1-3-30-20(28)14-10-16(22)19(17(11-14)29-2)26-18-8-9-24-21(27-18)25-15-6-4-13(12-23)5-7-15/h4-11H,3H2,1-2H3,(H2,24,25,26,27). The van der Waals surface area contributed by atoms with Gasteiger partial charge in [0, 0.05) is 11.9 Å². The molecule has 0 unspecified atom stereocenters. The largest absolute Gasteiger partial charge is 0.494 e. The van der Waals surface area contributed by atoms with Crippen LogP contribution in [0, 0.1) is 11.3 Å². The van der Waals surface area contributed by atoms with E-state index in [-0.39, 0.29) is 17.2 Å². The van der Waals surface area contributed by atoms with Crippen molar-refractivity contribution in [2.24, 2.45) is 0 Å². The fourth-order valence-electron chi connectivity index (χ4n) is 2.57. The number of aromatic nitrogens is 2. The van der Waals surface area contributed by atoms with Crippen molar-refractivity contribution in [2.45, 2.75) is 6.92 Å². The van der Waals surface area contributed by atoms with E-state index in [9.17, 15) is 4.79 Å². The number of methoxy groups -OCH3 is 1. The van der Waals surface area contributed by atoms with Crippen LogP contribution in [0.4, 0.5) is 23.1 Å². The Morgan fingerprint density at radius 2 is 1.97 bits per heavy atom. The normalized spacial score (nSPS) is 10.1. The molecule has 0 fully saturated rings. The van der Waals surface area contributed by atoms with Gasteiger partial charge in [0.05, 0.1) is 35.9 Å². The maximum atomic E-state index is 12.0. The van der Waals surface area contributed by atoms with Gasteiger partial charge in [-0.15, -0.1) is 0 Å². The molecule has 0 aliphatic carbocycles. The number of anilines is 4. The molecular weight excluding hydrogens is 406 g/mol. The molecule has 9 heteroatoms. The third kappa shape index (κ3) is 4.96. The summed E-state index contributed by atoms with van der Waals surface area (Å²) in [5.41, 5.74) is 2.04. The summed E-state index contributed by atoms with van der Waals surface area (Å²) in [7, 11) is 1.48. The Morgan fingerprint density at radius 1 is 1.20 bits per heavy atom. The number of carbonyl (C=O) groups excluding carboxylic acids is 1. The van der Waals surface area contributed by atoms with Crippen molar-refractivity contribution in [2.75, 3.05) is 24.4 Å². The zero-order chi connectivity index (χ0) is 21.5. The van der Waals surface area contributed by atoms with E-state index in [4.69, 9.17) is 26.3 Å². The van der Waals surface area contributed by atoms with Crippen LogP contribution in [-0.2, 0) is 4.74 Å². The maximum Gasteiger partial charge on any atom is 0.338 e. The topological polar surface area (TPSA) is 109 Å². The lowest BCUT2D eigenvalue weighted by atomic mass is 10.2. The number of benzene rings is 2. The minimum Gasteiger partial charge on any atom is -0.494 e. The highest BCUT2D eigenvalue weighted by molar-refractivity contribution is 6.34. The molecule has 0 bridgehead atoms. The summed E-state index contributed by atoms with van der Waals surface area (Å²) < 4.78 is 10.4. The molecule has 2 aromatic carbocycles. The SMILES string of the molecule is CCOC(=O)c1cc(Cl)c(Nc2ccnc(Nc3ccc(C#N)cc3)n2)c(OC)c1. The Balaban J connectivity index is 1.83. The molecule has 0 aliphatic heterocycles. The quantitative estimate of drug-likeness (QED) is 0.527. The third-order valence-corrected chi connectivity index (χ3v) is 4.26. The Morgan fingerprint density at radius 3 is 2.63 bits per heavy atom. The van der Waals surface area contributed by atoms with E-state index in [0.717, 1.165) is 5.69 Å². The van der Waals surface area contributed by atoms with Crippen LogP contribution >= 0.6 is 11.6 Å². The number of hydrogen-bond acceptors (Lipinski definition) is 8. The summed E-state index contributed by atoms with van der Waals surface area (Å²) >= 11 is 6.37. The van der Waals surface area contributed by atoms with Gasteiger partial charge in [0.25, 0.3) is 0 Å². The zero-order valence-corrected chi connectivity index (χ0v) is 17.0. The summed E-state index contributed by atoms with van der Waals surface area (Å²) in [5, 5.41) is 15.3. The van der Waals surface area contributed by atoms with Crippen LogP contribution in [0.2, 0.25) is 5.02 Å². The number of hydrogen-bond donors (Lipinski definition) is 2. The van der Waals surface area contributed by atoms with Gasteiger partial charge in [0.2, 0.25) is 5.95 Å². The van der Waals surface area contributed by atoms with Gasteiger partial charge in [-0.05, 0) is 49.4 Å². The number of rotatable bonds is 7. The second kappa shape index (κ2) is 9.58. The molecule has 0 atom stereocenters. The molecular formula is C21H18ClN5O3. The molecule has 3 aromatic rings. The predicted molar refractivity (Wildman–Crippen MR) is 114 cm³/mol. The second-order valence-corrected chi connectivity index (χ2v) is 6.37. The van der Waals surface area contributed by atoms with Gasteiger partial charge in [0.1, 0.15) is 17.3 Å². The van der Waals surface area contributed by atoms with Crippen molar-refractivity contribution >= 4 is 40.7 Å². The van der Waals surface area contributed by atoms with Crippen LogP contribution in [0.3, 0.4) is 0 Å². The average Bonchev–Trinajstić information content (AvgIpc) is 2.76. The van der Waals surface area contributed by atoms with Crippen molar-refractivity contribution in [1.29, 1.82) is 5.26 Å². The molecule has 1 aromatic heterocycles. The van der Waals surface area contributed by atoms with Crippen LogP contribution in [-0.4, -0.2) is 29.7 Å². The molecule has 0 radical (unpaired) electrons. The molecule has 8 nitrogen and oxygen atoms in total. The first-order valence-electron chi connectivity index (χ1n) is 8.96. The molecule has 152 valence electrons. The monoisotopic (exact) mass is 423 g/mol. The van der Waals surface area contributed by atoms with Crippen molar-refractivity contribution < 1.29 is 14.3 Å². The lowest BCUT2D eigenvalue weighted by Gasteiger charge is -2.14. The van der Waals surface area contributed by atoms with Crippen LogP contribution in [0.25, 0.3) is 0 Å². The molecule has 2 N–H and O–H groups in total. The summed E-state index contributed by atoms with van der Waals surface area (Å²) in [6.07, 6.45) is 1.58. The van der Waals surface area contributed by atoms with E-state index in [2.05, 4.69) is 26.7 Å². The minimum atomic E-state index is -0.486. The lowest BCUT2D eigenvalue weighted by molar-refractivity contribution is 0.0526. The van der Waals surface area contributed by atoms with Crippen LogP contribution in [0.15, 0.2) is 48.7 Å². The smallest absolute Gasteiger partial charge is 0.338 e. The fourth-order valence-corrected chi connectivity index (χ4v) is 2.83. The molecule has 0 saturated carbocycles. The van der Waals surface area contributed by atoms with Gasteiger partial charge in [-0.25, -0.2) is 9.78 Å². The van der Waals surface area contributed by atoms with E-state index in [0.29, 0.717) is 28.8 Å². The molecule has 0 aliphatic rings. The molecule has 0 amide bonds. The maximum absolute atomic E-state index is 12.0. The van der Waals surface area contributed by atoms with Gasteiger partial charge >= 0.3 is 5.97 Å². The van der Waals surface area contributed by atoms with E-state index in [1.54, 1.807) is 49.5 Å². The van der Waals surface area contributed by atoms with E-state index in [1.807, 2.05) is 0 Å². The van der Waals surface area contributed by atoms with Gasteiger partial charge in [-0.1, -0.05) is 11.6 Å². The summed E-state index contributed by atoms with van der Waals surface area (Å²) in [6, 6.07) is 13.7. The van der Waals surface area contributed by atoms with Crippen molar-refractivity contribution in [3.8, 4) is 11.8 Å². The third-order valence-electron chi connectivity index (χ3n) is 3.96. The summed E-state index contributed by atoms with van der Waals surface area (Å²) in [6.45, 7) is 1.99. The number of esters is 1. The Hall–Kier alpha value is -3.83. The fraction of sp³-hybridized carbons (Fsp3) is 0.143. The van der Waals surface area contributed by atoms with Gasteiger partial charge < -0.3 is 20.1 Å². The molecule has 0 saturated heterocycles. The van der Waals surface area contributed by atoms with E-state index < -0.39 is 5.97 Å². The number of nitrogens with zero attached hydrogens (tertiary/aromatic N) is 3. The van der Waals surface area contributed by atoms with Crippen molar-refractivity contribution in [3.05, 3.63) is 64.8 Å². The summed E-state index contributed by atoms with van der Waals surface area (Å²) in [4.78, 5) is 20.6. The predicted octanol–water partition coefficient (Wildman–Crippen LogP) is 4.67. The van der Waals surface area contributed by atoms with Crippen molar-refractivity contribution in [1.82, 2.24) is 9.97 Å². The number of carbonyl (C=O) groups is 1.